The first kappa shape index (κ1) is 22.3. The van der Waals surface area contributed by atoms with Gasteiger partial charge in [-0.25, -0.2) is 0 Å². The number of piperazine rings is 1. The Bertz CT molecular complexity index is 1110. The van der Waals surface area contributed by atoms with E-state index in [1.165, 1.54) is 5.56 Å². The number of halogens is 1. The van der Waals surface area contributed by atoms with Crippen molar-refractivity contribution < 1.29 is 19.8 Å². The number of rotatable bonds is 8. The number of aliphatic carboxylic acids is 2. The quantitative estimate of drug-likeness (QED) is 0.537. The van der Waals surface area contributed by atoms with Gasteiger partial charge < -0.3 is 19.7 Å². The molecule has 32 heavy (non-hydrogen) atoms. The van der Waals surface area contributed by atoms with Crippen molar-refractivity contribution >= 4 is 34.4 Å². The minimum absolute atomic E-state index is 0.258. The minimum Gasteiger partial charge on any atom is -0.480 e. The van der Waals surface area contributed by atoms with Crippen molar-refractivity contribution in [3.8, 4) is 0 Å². The fraction of sp³-hybridized carbons (Fsp3) is 0.348. The molecule has 3 aromatic rings. The summed E-state index contributed by atoms with van der Waals surface area (Å²) >= 11 is 6.12. The fourth-order valence-electron chi connectivity index (χ4n) is 4.36. The molecule has 1 fully saturated rings. The summed E-state index contributed by atoms with van der Waals surface area (Å²) in [4.78, 5) is 32.0. The van der Waals surface area contributed by atoms with E-state index in [1.54, 1.807) is 41.4 Å². The maximum atomic E-state index is 12.3. The van der Waals surface area contributed by atoms with E-state index >= 15 is 0 Å². The average molecular weight is 457 g/mol. The average Bonchev–Trinajstić information content (AvgIpc) is 3.10. The molecular weight excluding hydrogens is 432 g/mol. The third kappa shape index (κ3) is 4.93. The number of carboxylic acid groups (broad SMARTS) is 2. The largest absolute Gasteiger partial charge is 0.480 e. The van der Waals surface area contributed by atoms with Crippen LogP contribution in [-0.2, 0) is 22.6 Å². The molecule has 0 saturated carbocycles. The molecular formula is C23H25ClN4O4. The first-order valence-corrected chi connectivity index (χ1v) is 10.9. The second-order valence-corrected chi connectivity index (χ2v) is 8.43. The van der Waals surface area contributed by atoms with Gasteiger partial charge >= 0.3 is 11.9 Å². The standard InChI is InChI=1S/C23H25ClN4O4/c24-17-1-2-18-19(14-28(15-21(29)30)20(18)13-17)22(23(31)32)27-11-9-26(10-12-27)8-5-16-3-6-25-7-4-16/h1-4,6-7,13-14,22H,5,8-12,15H2,(H,29,30)(H,31,32). The first-order chi connectivity index (χ1) is 15.4. The molecule has 0 bridgehead atoms. The van der Waals surface area contributed by atoms with E-state index in [0.29, 0.717) is 34.6 Å². The van der Waals surface area contributed by atoms with Crippen molar-refractivity contribution in [1.29, 1.82) is 0 Å². The predicted molar refractivity (Wildman–Crippen MR) is 121 cm³/mol. The molecule has 8 nitrogen and oxygen atoms in total. The van der Waals surface area contributed by atoms with Crippen molar-refractivity contribution in [3.05, 3.63) is 65.1 Å². The van der Waals surface area contributed by atoms with Gasteiger partial charge in [0.2, 0.25) is 0 Å². The Kier molecular flexibility index (Phi) is 6.74. The SMILES string of the molecule is O=C(O)Cn1cc(C(C(=O)O)N2CCN(CCc3ccncc3)CC2)c2ccc(Cl)cc21. The Morgan fingerprint density at radius 2 is 1.78 bits per heavy atom. The summed E-state index contributed by atoms with van der Waals surface area (Å²) in [6.45, 7) is 3.43. The number of hydrogen-bond donors (Lipinski definition) is 2. The lowest BCUT2D eigenvalue weighted by molar-refractivity contribution is -0.144. The second-order valence-electron chi connectivity index (χ2n) is 7.99. The highest BCUT2D eigenvalue weighted by Gasteiger charge is 2.32. The predicted octanol–water partition coefficient (Wildman–Crippen LogP) is 2.76. The van der Waals surface area contributed by atoms with Crippen LogP contribution in [0.1, 0.15) is 17.2 Å². The molecule has 1 aliphatic heterocycles. The Hall–Kier alpha value is -2.94. The van der Waals surface area contributed by atoms with E-state index in [4.69, 9.17) is 11.6 Å². The second kappa shape index (κ2) is 9.68. The molecule has 0 amide bonds. The fourth-order valence-corrected chi connectivity index (χ4v) is 4.52. The van der Waals surface area contributed by atoms with Crippen molar-refractivity contribution in [2.45, 2.75) is 19.0 Å². The third-order valence-electron chi connectivity index (χ3n) is 5.95. The zero-order chi connectivity index (χ0) is 22.7. The van der Waals surface area contributed by atoms with Crippen LogP contribution >= 0.6 is 11.6 Å². The van der Waals surface area contributed by atoms with Crippen LogP contribution < -0.4 is 0 Å². The van der Waals surface area contributed by atoms with Gasteiger partial charge in [0.25, 0.3) is 0 Å². The summed E-state index contributed by atoms with van der Waals surface area (Å²) < 4.78 is 1.56. The number of nitrogens with zero attached hydrogens (tertiary/aromatic N) is 4. The van der Waals surface area contributed by atoms with Crippen LogP contribution in [0.25, 0.3) is 10.9 Å². The first-order valence-electron chi connectivity index (χ1n) is 10.5. The lowest BCUT2D eigenvalue weighted by Crippen LogP contribution is -2.49. The van der Waals surface area contributed by atoms with Crippen molar-refractivity contribution in [2.24, 2.45) is 0 Å². The lowest BCUT2D eigenvalue weighted by Gasteiger charge is -2.37. The normalized spacial score (nSPS) is 16.3. The number of aromatic nitrogens is 2. The molecule has 1 unspecified atom stereocenters. The molecule has 2 N–H and O–H groups in total. The van der Waals surface area contributed by atoms with E-state index in [0.717, 1.165) is 26.1 Å². The number of fused-ring (bicyclic) bond motifs is 1. The minimum atomic E-state index is -0.997. The van der Waals surface area contributed by atoms with Crippen LogP contribution in [0.5, 0.6) is 0 Å². The Morgan fingerprint density at radius 3 is 2.44 bits per heavy atom. The van der Waals surface area contributed by atoms with Gasteiger partial charge in [-0.2, -0.15) is 0 Å². The van der Waals surface area contributed by atoms with Crippen molar-refractivity contribution in [3.63, 3.8) is 0 Å². The summed E-state index contributed by atoms with van der Waals surface area (Å²) in [6.07, 6.45) is 6.15. The summed E-state index contributed by atoms with van der Waals surface area (Å²) in [5.41, 5.74) is 2.45. The van der Waals surface area contributed by atoms with Gasteiger partial charge in [0.05, 0.1) is 5.52 Å². The number of benzene rings is 1. The number of pyridine rings is 1. The van der Waals surface area contributed by atoms with Crippen molar-refractivity contribution in [1.82, 2.24) is 19.4 Å². The lowest BCUT2D eigenvalue weighted by atomic mass is 10.0. The summed E-state index contributed by atoms with van der Waals surface area (Å²) in [5.74, 6) is -1.94. The van der Waals surface area contributed by atoms with Crippen LogP contribution in [0, 0.1) is 0 Å². The van der Waals surface area contributed by atoms with Crippen LogP contribution in [0.2, 0.25) is 5.02 Å². The van der Waals surface area contributed by atoms with E-state index in [-0.39, 0.29) is 6.54 Å². The zero-order valence-electron chi connectivity index (χ0n) is 17.5. The Labute approximate surface area is 190 Å². The number of carboxylic acids is 2. The van der Waals surface area contributed by atoms with E-state index in [9.17, 15) is 19.8 Å². The van der Waals surface area contributed by atoms with Gasteiger partial charge in [-0.15, -0.1) is 0 Å². The van der Waals surface area contributed by atoms with Gasteiger partial charge in [0, 0.05) is 67.3 Å². The maximum absolute atomic E-state index is 12.3. The van der Waals surface area contributed by atoms with Gasteiger partial charge in [0.15, 0.2) is 0 Å². The Balaban J connectivity index is 1.52. The highest BCUT2D eigenvalue weighted by molar-refractivity contribution is 6.31. The summed E-state index contributed by atoms with van der Waals surface area (Å²) in [6, 6.07) is 8.32. The van der Waals surface area contributed by atoms with Crippen LogP contribution in [0.4, 0.5) is 0 Å². The molecule has 3 heterocycles. The molecule has 4 rings (SSSR count). The Morgan fingerprint density at radius 1 is 1.06 bits per heavy atom. The van der Waals surface area contributed by atoms with E-state index in [1.807, 2.05) is 17.0 Å². The van der Waals surface area contributed by atoms with Crippen LogP contribution in [-0.4, -0.2) is 74.2 Å². The van der Waals surface area contributed by atoms with Gasteiger partial charge in [0.1, 0.15) is 12.6 Å². The highest BCUT2D eigenvalue weighted by Crippen LogP contribution is 2.33. The van der Waals surface area contributed by atoms with Crippen LogP contribution in [0.15, 0.2) is 48.9 Å². The topological polar surface area (TPSA) is 98.9 Å². The van der Waals surface area contributed by atoms with Gasteiger partial charge in [-0.05, 0) is 36.2 Å². The molecule has 1 saturated heterocycles. The summed E-state index contributed by atoms with van der Waals surface area (Å²) in [7, 11) is 0. The molecule has 1 aromatic carbocycles. The summed E-state index contributed by atoms with van der Waals surface area (Å²) in [5, 5.41) is 20.5. The molecule has 168 valence electrons. The number of hydrogen-bond acceptors (Lipinski definition) is 5. The number of carbonyl (C=O) groups is 2. The maximum Gasteiger partial charge on any atom is 0.325 e. The molecule has 9 heteroatoms. The van der Waals surface area contributed by atoms with Crippen molar-refractivity contribution in [2.75, 3.05) is 32.7 Å². The van der Waals surface area contributed by atoms with Gasteiger partial charge in [-0.1, -0.05) is 17.7 Å². The monoisotopic (exact) mass is 456 g/mol. The van der Waals surface area contributed by atoms with Gasteiger partial charge in [-0.3, -0.25) is 19.5 Å². The molecule has 1 aliphatic rings. The van der Waals surface area contributed by atoms with Crippen LogP contribution in [0.3, 0.4) is 0 Å². The zero-order valence-corrected chi connectivity index (χ0v) is 18.3. The third-order valence-corrected chi connectivity index (χ3v) is 6.18. The van der Waals surface area contributed by atoms with E-state index < -0.39 is 18.0 Å². The molecule has 0 aliphatic carbocycles. The van der Waals surface area contributed by atoms with E-state index in [2.05, 4.69) is 9.88 Å². The molecule has 1 atom stereocenters. The molecule has 0 spiro atoms. The molecule has 0 radical (unpaired) electrons. The highest BCUT2D eigenvalue weighted by atomic mass is 35.5. The smallest absolute Gasteiger partial charge is 0.325 e. The molecule has 2 aromatic heterocycles.